The van der Waals surface area contributed by atoms with Gasteiger partial charge in [-0.1, -0.05) is 42.5 Å². The highest BCUT2D eigenvalue weighted by molar-refractivity contribution is 6.00. The number of anilines is 1. The highest BCUT2D eigenvalue weighted by Gasteiger charge is 2.21. The summed E-state index contributed by atoms with van der Waals surface area (Å²) < 4.78 is 11.8. The van der Waals surface area contributed by atoms with E-state index in [1.807, 2.05) is 43.0 Å². The van der Waals surface area contributed by atoms with Gasteiger partial charge in [-0.15, -0.1) is 0 Å². The molecular formula is C31H32N2O3. The Bertz CT molecular complexity index is 1400. The molecule has 1 aliphatic heterocycles. The number of benzene rings is 3. The number of aryl methyl sites for hydroxylation is 1. The first kappa shape index (κ1) is 23.7. The molecule has 36 heavy (non-hydrogen) atoms. The number of hydrogen-bond acceptors (Lipinski definition) is 4. The molecule has 1 aromatic heterocycles. The highest BCUT2D eigenvalue weighted by Crippen LogP contribution is 2.37. The van der Waals surface area contributed by atoms with Crippen LogP contribution in [-0.2, 0) is 4.79 Å². The molecule has 184 valence electrons. The van der Waals surface area contributed by atoms with E-state index >= 15 is 0 Å². The van der Waals surface area contributed by atoms with Gasteiger partial charge in [-0.3, -0.25) is 4.79 Å². The standard InChI is InChI=1S/C31H32N2O3/c1-4-35-29-20-30-27(28(21-36-30)24-10-6-5-7-11-24)19-26(29)23(3)18-31(34)33-15-13-32(14-16-33)25-12-8-9-22(2)17-25/h5-12,17-21H,4,13-16H2,1-3H3/b23-18+. The number of nitrogens with zero attached hydrogens (tertiary/aromatic N) is 2. The minimum Gasteiger partial charge on any atom is -0.493 e. The first-order chi connectivity index (χ1) is 17.5. The van der Waals surface area contributed by atoms with E-state index in [-0.39, 0.29) is 5.91 Å². The minimum atomic E-state index is 0.0365. The molecule has 0 unspecified atom stereocenters. The second kappa shape index (κ2) is 10.3. The third kappa shape index (κ3) is 4.87. The fourth-order valence-corrected chi connectivity index (χ4v) is 4.84. The summed E-state index contributed by atoms with van der Waals surface area (Å²) in [6, 6.07) is 22.7. The van der Waals surface area contributed by atoms with Gasteiger partial charge in [0.05, 0.1) is 12.9 Å². The van der Waals surface area contributed by atoms with E-state index in [1.165, 1.54) is 11.3 Å². The number of ether oxygens (including phenoxy) is 1. The van der Waals surface area contributed by atoms with Crippen LogP contribution >= 0.6 is 0 Å². The van der Waals surface area contributed by atoms with Gasteiger partial charge >= 0.3 is 0 Å². The van der Waals surface area contributed by atoms with Crippen molar-refractivity contribution in [3.05, 3.63) is 90.2 Å². The number of carbonyl (C=O) groups excluding carboxylic acids is 1. The number of fused-ring (bicyclic) bond motifs is 1. The van der Waals surface area contributed by atoms with Crippen LogP contribution < -0.4 is 9.64 Å². The average Bonchev–Trinajstić information content (AvgIpc) is 3.32. The molecule has 0 N–H and O–H groups in total. The predicted molar refractivity (Wildman–Crippen MR) is 146 cm³/mol. The monoisotopic (exact) mass is 480 g/mol. The van der Waals surface area contributed by atoms with Crippen molar-refractivity contribution in [2.24, 2.45) is 0 Å². The van der Waals surface area contributed by atoms with Crippen molar-refractivity contribution in [2.45, 2.75) is 20.8 Å². The van der Waals surface area contributed by atoms with Gasteiger partial charge in [-0.2, -0.15) is 0 Å². The molecule has 2 heterocycles. The summed E-state index contributed by atoms with van der Waals surface area (Å²) in [5.74, 6) is 0.763. The Morgan fingerprint density at radius 3 is 2.50 bits per heavy atom. The lowest BCUT2D eigenvalue weighted by Gasteiger charge is -2.36. The Labute approximate surface area is 212 Å². The molecule has 1 fully saturated rings. The zero-order valence-electron chi connectivity index (χ0n) is 21.2. The summed E-state index contributed by atoms with van der Waals surface area (Å²) in [5.41, 5.74) is 7.16. The normalized spacial score (nSPS) is 14.4. The third-order valence-electron chi connectivity index (χ3n) is 6.78. The first-order valence-electron chi connectivity index (χ1n) is 12.6. The third-order valence-corrected chi connectivity index (χ3v) is 6.78. The summed E-state index contributed by atoms with van der Waals surface area (Å²) in [7, 11) is 0. The van der Waals surface area contributed by atoms with Gasteiger partial charge in [0, 0.05) is 60.5 Å². The summed E-state index contributed by atoms with van der Waals surface area (Å²) in [5, 5.41) is 1.01. The molecule has 5 nitrogen and oxygen atoms in total. The number of amides is 1. The Kier molecular flexibility index (Phi) is 6.81. The molecule has 1 aliphatic rings. The maximum Gasteiger partial charge on any atom is 0.246 e. The van der Waals surface area contributed by atoms with Gasteiger partial charge in [0.25, 0.3) is 0 Å². The van der Waals surface area contributed by atoms with Crippen LogP contribution in [0.2, 0.25) is 0 Å². The Hall–Kier alpha value is -3.99. The number of rotatable bonds is 6. The molecular weight excluding hydrogens is 448 g/mol. The summed E-state index contributed by atoms with van der Waals surface area (Å²) in [4.78, 5) is 17.5. The van der Waals surface area contributed by atoms with Crippen molar-refractivity contribution in [1.29, 1.82) is 0 Å². The van der Waals surface area contributed by atoms with Crippen molar-refractivity contribution in [1.82, 2.24) is 4.90 Å². The minimum absolute atomic E-state index is 0.0365. The van der Waals surface area contributed by atoms with Crippen molar-refractivity contribution >= 4 is 28.1 Å². The second-order valence-corrected chi connectivity index (χ2v) is 9.27. The van der Waals surface area contributed by atoms with Crippen molar-refractivity contribution in [3.63, 3.8) is 0 Å². The average molecular weight is 481 g/mol. The zero-order valence-corrected chi connectivity index (χ0v) is 21.2. The summed E-state index contributed by atoms with van der Waals surface area (Å²) in [6.07, 6.45) is 3.53. The van der Waals surface area contributed by atoms with Gasteiger partial charge < -0.3 is 19.0 Å². The molecule has 0 radical (unpaired) electrons. The summed E-state index contributed by atoms with van der Waals surface area (Å²) in [6.45, 7) is 9.64. The largest absolute Gasteiger partial charge is 0.493 e. The van der Waals surface area contributed by atoms with Crippen LogP contribution in [0.3, 0.4) is 0 Å². The summed E-state index contributed by atoms with van der Waals surface area (Å²) >= 11 is 0. The molecule has 3 aromatic carbocycles. The SMILES string of the molecule is CCOc1cc2occ(-c3ccccc3)c2cc1/C(C)=C/C(=O)N1CCN(c2cccc(C)c2)CC1. The molecule has 0 bridgehead atoms. The van der Waals surface area contributed by atoms with Crippen LogP contribution in [-0.4, -0.2) is 43.6 Å². The van der Waals surface area contributed by atoms with E-state index in [4.69, 9.17) is 9.15 Å². The van der Waals surface area contributed by atoms with Crippen LogP contribution in [0.1, 0.15) is 25.0 Å². The smallest absolute Gasteiger partial charge is 0.246 e. The number of hydrogen-bond donors (Lipinski definition) is 0. The van der Waals surface area contributed by atoms with E-state index in [2.05, 4.69) is 54.3 Å². The van der Waals surface area contributed by atoms with E-state index in [9.17, 15) is 4.79 Å². The maximum absolute atomic E-state index is 13.2. The van der Waals surface area contributed by atoms with E-state index in [1.54, 1.807) is 12.3 Å². The maximum atomic E-state index is 13.2. The fourth-order valence-electron chi connectivity index (χ4n) is 4.84. The number of carbonyl (C=O) groups is 1. The predicted octanol–water partition coefficient (Wildman–Crippen LogP) is 6.56. The lowest BCUT2D eigenvalue weighted by atomic mass is 9.99. The van der Waals surface area contributed by atoms with Crippen molar-refractivity contribution in [2.75, 3.05) is 37.7 Å². The Morgan fingerprint density at radius 1 is 1.00 bits per heavy atom. The van der Waals surface area contributed by atoms with Gasteiger partial charge in [0.15, 0.2) is 0 Å². The number of piperazine rings is 1. The van der Waals surface area contributed by atoms with Crippen LogP contribution in [0.15, 0.2) is 83.5 Å². The molecule has 0 spiro atoms. The molecule has 5 rings (SSSR count). The van der Waals surface area contributed by atoms with E-state index in [0.29, 0.717) is 19.7 Å². The molecule has 0 atom stereocenters. The lowest BCUT2D eigenvalue weighted by molar-refractivity contribution is -0.126. The van der Waals surface area contributed by atoms with Crippen molar-refractivity contribution < 1.29 is 13.9 Å². The molecule has 0 aliphatic carbocycles. The Morgan fingerprint density at radius 2 is 1.78 bits per heavy atom. The van der Waals surface area contributed by atoms with Gasteiger partial charge in [-0.05, 0) is 55.7 Å². The van der Waals surface area contributed by atoms with Gasteiger partial charge in [-0.25, -0.2) is 0 Å². The van der Waals surface area contributed by atoms with Crippen LogP contribution in [0.25, 0.3) is 27.7 Å². The number of furan rings is 1. The molecule has 4 aromatic rings. The molecule has 0 saturated carbocycles. The van der Waals surface area contributed by atoms with Gasteiger partial charge in [0.1, 0.15) is 11.3 Å². The fraction of sp³-hybridized carbons (Fsp3) is 0.258. The topological polar surface area (TPSA) is 45.9 Å². The molecule has 5 heteroatoms. The lowest BCUT2D eigenvalue weighted by Crippen LogP contribution is -2.48. The van der Waals surface area contributed by atoms with Crippen molar-refractivity contribution in [3.8, 4) is 16.9 Å². The van der Waals surface area contributed by atoms with E-state index in [0.717, 1.165) is 52.1 Å². The highest BCUT2D eigenvalue weighted by atomic mass is 16.5. The van der Waals surface area contributed by atoms with E-state index < -0.39 is 0 Å². The quantitative estimate of drug-likeness (QED) is 0.293. The molecule has 1 amide bonds. The van der Waals surface area contributed by atoms with Crippen LogP contribution in [0.5, 0.6) is 5.75 Å². The zero-order chi connectivity index (χ0) is 25.1. The molecule has 1 saturated heterocycles. The van der Waals surface area contributed by atoms with Crippen LogP contribution in [0, 0.1) is 6.92 Å². The first-order valence-corrected chi connectivity index (χ1v) is 12.6. The van der Waals surface area contributed by atoms with Crippen LogP contribution in [0.4, 0.5) is 5.69 Å². The second-order valence-electron chi connectivity index (χ2n) is 9.27. The number of allylic oxidation sites excluding steroid dienone is 1. The van der Waals surface area contributed by atoms with Gasteiger partial charge in [0.2, 0.25) is 5.91 Å². The Balaban J connectivity index is 1.38.